The number of benzene rings is 3. The number of hydrogen-bond acceptors (Lipinski definition) is 5. The largest absolute Gasteiger partial charge is 0.334 e. The normalized spacial score (nSPS) is 14.6. The van der Waals surface area contributed by atoms with E-state index < -0.39 is 0 Å². The van der Waals surface area contributed by atoms with Crippen LogP contribution >= 0.6 is 0 Å². The van der Waals surface area contributed by atoms with Gasteiger partial charge in [-0.2, -0.15) is 4.98 Å². The summed E-state index contributed by atoms with van der Waals surface area (Å²) >= 11 is 0. The first kappa shape index (κ1) is 26.8. The van der Waals surface area contributed by atoms with Gasteiger partial charge in [0, 0.05) is 42.4 Å². The van der Waals surface area contributed by atoms with Crippen molar-refractivity contribution in [3.63, 3.8) is 0 Å². The lowest BCUT2D eigenvalue weighted by Crippen LogP contribution is -2.47. The zero-order chi connectivity index (χ0) is 27.2. The number of amides is 1. The molecule has 0 radical (unpaired) electrons. The first-order valence-corrected chi connectivity index (χ1v) is 14.0. The Hall–Kier alpha value is -3.77. The third kappa shape index (κ3) is 6.82. The number of carbonyl (C=O) groups excluding carboxylic acids is 1. The van der Waals surface area contributed by atoms with Crippen LogP contribution in [0.5, 0.6) is 0 Å². The van der Waals surface area contributed by atoms with Crippen LogP contribution in [0, 0.1) is 12.8 Å². The highest BCUT2D eigenvalue weighted by molar-refractivity contribution is 5.94. The molecule has 0 N–H and O–H groups in total. The summed E-state index contributed by atoms with van der Waals surface area (Å²) in [6.45, 7) is 10.4. The van der Waals surface area contributed by atoms with Gasteiger partial charge in [0.1, 0.15) is 0 Å². The molecule has 202 valence electrons. The molecule has 5 rings (SSSR count). The molecule has 6 heteroatoms. The molecule has 3 aromatic carbocycles. The van der Waals surface area contributed by atoms with Gasteiger partial charge >= 0.3 is 0 Å². The van der Waals surface area contributed by atoms with Crippen LogP contribution in [0.2, 0.25) is 0 Å². The molecule has 1 fully saturated rings. The first-order chi connectivity index (χ1) is 19.0. The summed E-state index contributed by atoms with van der Waals surface area (Å²) in [5.41, 5.74) is 4.78. The van der Waals surface area contributed by atoms with E-state index in [1.165, 1.54) is 6.42 Å². The van der Waals surface area contributed by atoms with Crippen molar-refractivity contribution in [1.82, 2.24) is 19.9 Å². The van der Waals surface area contributed by atoms with Crippen LogP contribution in [0.3, 0.4) is 0 Å². The molecule has 1 aliphatic heterocycles. The number of aryl methyl sites for hydroxylation is 1. The molecule has 1 aromatic heterocycles. The van der Waals surface area contributed by atoms with Gasteiger partial charge < -0.3 is 14.3 Å². The lowest BCUT2D eigenvalue weighted by atomic mass is 9.99. The van der Waals surface area contributed by atoms with Gasteiger partial charge in [0.05, 0.1) is 0 Å². The van der Waals surface area contributed by atoms with E-state index in [0.717, 1.165) is 60.3 Å². The van der Waals surface area contributed by atoms with Gasteiger partial charge in [-0.05, 0) is 68.5 Å². The highest BCUT2D eigenvalue weighted by Crippen LogP contribution is 2.25. The first-order valence-electron chi connectivity index (χ1n) is 14.0. The van der Waals surface area contributed by atoms with Crippen LogP contribution in [-0.2, 0) is 6.54 Å². The number of hydrogen-bond donors (Lipinski definition) is 0. The van der Waals surface area contributed by atoms with Crippen LogP contribution < -0.4 is 0 Å². The monoisotopic (exact) mass is 522 g/mol. The van der Waals surface area contributed by atoms with Crippen molar-refractivity contribution < 1.29 is 9.32 Å². The van der Waals surface area contributed by atoms with E-state index >= 15 is 0 Å². The maximum absolute atomic E-state index is 13.8. The fourth-order valence-electron chi connectivity index (χ4n) is 5.12. The van der Waals surface area contributed by atoms with Crippen molar-refractivity contribution in [3.8, 4) is 22.8 Å². The number of piperidine rings is 1. The predicted molar refractivity (Wildman–Crippen MR) is 155 cm³/mol. The fourth-order valence-corrected chi connectivity index (χ4v) is 5.12. The average Bonchev–Trinajstić information content (AvgIpc) is 3.47. The Morgan fingerprint density at radius 2 is 1.64 bits per heavy atom. The molecule has 2 heterocycles. The molecule has 0 atom stereocenters. The SMILES string of the molecule is Cc1ccc(C(=O)N(Cc2ccc(-c3noc(-c4ccccc4)n3)cc2)C2CCN(CCC(C)C)CC2)cc1. The molecule has 1 saturated heterocycles. The van der Waals surface area contributed by atoms with Gasteiger partial charge in [-0.3, -0.25) is 4.79 Å². The van der Waals surface area contributed by atoms with E-state index in [0.29, 0.717) is 24.2 Å². The van der Waals surface area contributed by atoms with E-state index in [9.17, 15) is 4.79 Å². The molecule has 1 aliphatic rings. The lowest BCUT2D eigenvalue weighted by Gasteiger charge is -2.39. The molecule has 0 saturated carbocycles. The second-order valence-corrected chi connectivity index (χ2v) is 11.0. The number of likely N-dealkylation sites (tertiary alicyclic amines) is 1. The van der Waals surface area contributed by atoms with Crippen LogP contribution in [0.1, 0.15) is 54.6 Å². The summed E-state index contributed by atoms with van der Waals surface area (Å²) in [5, 5.41) is 4.18. The quantitative estimate of drug-likeness (QED) is 0.240. The smallest absolute Gasteiger partial charge is 0.258 e. The van der Waals surface area contributed by atoms with E-state index in [4.69, 9.17) is 4.52 Å². The second kappa shape index (κ2) is 12.4. The zero-order valence-electron chi connectivity index (χ0n) is 23.2. The number of rotatable bonds is 9. The molecule has 0 aliphatic carbocycles. The molecule has 39 heavy (non-hydrogen) atoms. The van der Waals surface area contributed by atoms with Gasteiger partial charge in [0.15, 0.2) is 0 Å². The minimum absolute atomic E-state index is 0.102. The molecule has 1 amide bonds. The van der Waals surface area contributed by atoms with E-state index in [1.807, 2.05) is 73.7 Å². The van der Waals surface area contributed by atoms with Gasteiger partial charge in [0.2, 0.25) is 5.82 Å². The standard InChI is InChI=1S/C33H38N4O2/c1-24(2)17-20-36-21-18-30(19-22-36)37(33(38)29-13-9-25(3)10-14-29)23-26-11-15-27(16-12-26)31-34-32(39-35-31)28-7-5-4-6-8-28/h4-16,24,30H,17-23H2,1-3H3. The Balaban J connectivity index is 1.31. The molecular formula is C33H38N4O2. The Bertz CT molecular complexity index is 1340. The number of nitrogens with zero attached hydrogens (tertiary/aromatic N) is 4. The van der Waals surface area contributed by atoms with Crippen molar-refractivity contribution in [1.29, 1.82) is 0 Å². The molecule has 6 nitrogen and oxygen atoms in total. The predicted octanol–water partition coefficient (Wildman–Crippen LogP) is 6.86. The Kier molecular flexibility index (Phi) is 8.52. The molecule has 0 spiro atoms. The van der Waals surface area contributed by atoms with Gasteiger partial charge in [-0.1, -0.05) is 79.2 Å². The van der Waals surface area contributed by atoms with Gasteiger partial charge in [-0.15, -0.1) is 0 Å². The Morgan fingerprint density at radius 1 is 0.949 bits per heavy atom. The fraction of sp³-hybridized carbons (Fsp3) is 0.364. The van der Waals surface area contributed by atoms with Crippen molar-refractivity contribution >= 4 is 5.91 Å². The molecule has 0 unspecified atom stereocenters. The van der Waals surface area contributed by atoms with Crippen LogP contribution in [0.25, 0.3) is 22.8 Å². The highest BCUT2D eigenvalue weighted by Gasteiger charge is 2.29. The molecular weight excluding hydrogens is 484 g/mol. The Labute approximate surface area is 231 Å². The Morgan fingerprint density at radius 3 is 2.31 bits per heavy atom. The lowest BCUT2D eigenvalue weighted by molar-refractivity contribution is 0.0546. The number of aromatic nitrogens is 2. The zero-order valence-corrected chi connectivity index (χ0v) is 23.2. The summed E-state index contributed by atoms with van der Waals surface area (Å²) in [6.07, 6.45) is 3.22. The van der Waals surface area contributed by atoms with Crippen molar-refractivity contribution in [2.45, 2.75) is 52.6 Å². The summed E-state index contributed by atoms with van der Waals surface area (Å²) in [5.74, 6) is 1.87. The van der Waals surface area contributed by atoms with Crippen molar-refractivity contribution in [3.05, 3.63) is 95.6 Å². The maximum Gasteiger partial charge on any atom is 0.258 e. The maximum atomic E-state index is 13.8. The summed E-state index contributed by atoms with van der Waals surface area (Å²) < 4.78 is 5.49. The minimum Gasteiger partial charge on any atom is -0.334 e. The van der Waals surface area contributed by atoms with Gasteiger partial charge in [-0.25, -0.2) is 0 Å². The highest BCUT2D eigenvalue weighted by atomic mass is 16.5. The topological polar surface area (TPSA) is 62.5 Å². The summed E-state index contributed by atoms with van der Waals surface area (Å²) in [7, 11) is 0. The van der Waals surface area contributed by atoms with Crippen molar-refractivity contribution in [2.75, 3.05) is 19.6 Å². The third-order valence-electron chi connectivity index (χ3n) is 7.59. The van der Waals surface area contributed by atoms with Crippen LogP contribution in [0.4, 0.5) is 0 Å². The average molecular weight is 523 g/mol. The number of carbonyl (C=O) groups is 1. The van der Waals surface area contributed by atoms with E-state index in [-0.39, 0.29) is 11.9 Å². The van der Waals surface area contributed by atoms with E-state index in [2.05, 4.69) is 45.9 Å². The molecule has 4 aromatic rings. The summed E-state index contributed by atoms with van der Waals surface area (Å²) in [6, 6.07) is 26.1. The van der Waals surface area contributed by atoms with Crippen LogP contribution in [0.15, 0.2) is 83.4 Å². The van der Waals surface area contributed by atoms with Crippen LogP contribution in [-0.4, -0.2) is 51.5 Å². The van der Waals surface area contributed by atoms with Crippen molar-refractivity contribution in [2.24, 2.45) is 5.92 Å². The third-order valence-corrected chi connectivity index (χ3v) is 7.59. The van der Waals surface area contributed by atoms with E-state index in [1.54, 1.807) is 0 Å². The molecule has 0 bridgehead atoms. The minimum atomic E-state index is 0.102. The summed E-state index contributed by atoms with van der Waals surface area (Å²) in [4.78, 5) is 23.0. The second-order valence-electron chi connectivity index (χ2n) is 11.0. The van der Waals surface area contributed by atoms with Gasteiger partial charge in [0.25, 0.3) is 11.8 Å².